The van der Waals surface area contributed by atoms with Crippen LogP contribution in [-0.4, -0.2) is 15.5 Å². The second kappa shape index (κ2) is 4.93. The van der Waals surface area contributed by atoms with Gasteiger partial charge >= 0.3 is 0 Å². The molecule has 2 aromatic heterocycles. The molecule has 1 amide bonds. The van der Waals surface area contributed by atoms with Gasteiger partial charge in [-0.15, -0.1) is 11.8 Å². The van der Waals surface area contributed by atoms with Gasteiger partial charge in [-0.25, -0.2) is 0 Å². The highest BCUT2D eigenvalue weighted by molar-refractivity contribution is 7.97. The van der Waals surface area contributed by atoms with Gasteiger partial charge in [0.05, 0.1) is 11.4 Å². The van der Waals surface area contributed by atoms with Crippen LogP contribution in [0.15, 0.2) is 30.6 Å². The maximum Gasteiger partial charge on any atom is 0.250 e. The van der Waals surface area contributed by atoms with Gasteiger partial charge in [0.1, 0.15) is 0 Å². The molecule has 0 atom stereocenters. The molecule has 19 heavy (non-hydrogen) atoms. The fraction of sp³-hybridized carbons (Fsp3) is 0.143. The Bertz CT molecular complexity index is 646. The van der Waals surface area contributed by atoms with E-state index in [1.807, 2.05) is 30.4 Å². The van der Waals surface area contributed by atoms with Crippen molar-refractivity contribution in [2.75, 3.05) is 0 Å². The molecule has 1 aliphatic heterocycles. The highest BCUT2D eigenvalue weighted by atomic mass is 32.2. The first-order valence-electron chi connectivity index (χ1n) is 5.94. The van der Waals surface area contributed by atoms with E-state index in [1.54, 1.807) is 24.2 Å². The molecule has 0 saturated heterocycles. The van der Waals surface area contributed by atoms with E-state index in [2.05, 4.69) is 9.55 Å². The molecule has 0 bridgehead atoms. The third kappa shape index (κ3) is 2.29. The van der Waals surface area contributed by atoms with Gasteiger partial charge in [0.25, 0.3) is 5.91 Å². The van der Waals surface area contributed by atoms with E-state index in [0.29, 0.717) is 5.56 Å². The Hall–Kier alpha value is -2.01. The van der Waals surface area contributed by atoms with Gasteiger partial charge in [0, 0.05) is 29.5 Å². The van der Waals surface area contributed by atoms with Crippen LogP contribution in [0.1, 0.15) is 27.3 Å². The predicted octanol–water partition coefficient (Wildman–Crippen LogP) is 2.36. The van der Waals surface area contributed by atoms with Crippen molar-refractivity contribution in [2.24, 2.45) is 5.73 Å². The maximum absolute atomic E-state index is 11.4. The number of hydrogen-bond acceptors (Lipinski definition) is 3. The number of nitrogens with zero attached hydrogens (tertiary/aromatic N) is 2. The molecule has 5 heteroatoms. The molecule has 0 radical (unpaired) electrons. The van der Waals surface area contributed by atoms with Crippen molar-refractivity contribution in [2.45, 2.75) is 11.6 Å². The van der Waals surface area contributed by atoms with Crippen LogP contribution in [0, 0.1) is 0 Å². The van der Waals surface area contributed by atoms with Gasteiger partial charge < -0.3 is 10.3 Å². The molecule has 3 heterocycles. The lowest BCUT2D eigenvalue weighted by atomic mass is 10.2. The summed E-state index contributed by atoms with van der Waals surface area (Å²) in [5.74, 6) is 1.36. The lowest BCUT2D eigenvalue weighted by molar-refractivity contribution is 0.0999. The van der Waals surface area contributed by atoms with Gasteiger partial charge in [-0.05, 0) is 23.8 Å². The van der Waals surface area contributed by atoms with Crippen molar-refractivity contribution in [1.29, 1.82) is 0 Å². The molecular formula is C14H13N3OS. The number of nitrogens with two attached hydrogens (primary N) is 1. The second-order valence-electron chi connectivity index (χ2n) is 4.32. The monoisotopic (exact) mass is 271 g/mol. The molecule has 96 valence electrons. The Labute approximate surface area is 115 Å². The van der Waals surface area contributed by atoms with Crippen LogP contribution in [-0.2, 0) is 11.6 Å². The predicted molar refractivity (Wildman–Crippen MR) is 77.4 cm³/mol. The quantitative estimate of drug-likeness (QED) is 0.932. The average Bonchev–Trinajstić information content (AvgIpc) is 2.99. The molecule has 0 spiro atoms. The van der Waals surface area contributed by atoms with Crippen molar-refractivity contribution < 1.29 is 4.79 Å². The topological polar surface area (TPSA) is 60.9 Å². The van der Waals surface area contributed by atoms with Crippen molar-refractivity contribution >= 4 is 29.8 Å². The summed E-state index contributed by atoms with van der Waals surface area (Å²) in [6.45, 7) is 0. The lowest BCUT2D eigenvalue weighted by Gasteiger charge is -1.99. The maximum atomic E-state index is 11.4. The van der Waals surface area contributed by atoms with E-state index in [0.717, 1.165) is 28.6 Å². The van der Waals surface area contributed by atoms with E-state index in [1.165, 1.54) is 0 Å². The second-order valence-corrected chi connectivity index (χ2v) is 5.27. The number of carbonyl (C=O) groups is 1. The minimum atomic E-state index is -0.354. The largest absolute Gasteiger partial charge is 0.366 e. The van der Waals surface area contributed by atoms with Crippen LogP contribution in [0.2, 0.25) is 0 Å². The minimum absolute atomic E-state index is 0.354. The Kier molecular flexibility index (Phi) is 3.13. The van der Waals surface area contributed by atoms with Crippen molar-refractivity contribution in [3.63, 3.8) is 0 Å². The zero-order valence-corrected chi connectivity index (χ0v) is 11.1. The van der Waals surface area contributed by atoms with E-state index < -0.39 is 0 Å². The Morgan fingerprint density at radius 3 is 3.11 bits per heavy atom. The summed E-state index contributed by atoms with van der Waals surface area (Å²) in [6.07, 6.45) is 7.53. The zero-order chi connectivity index (χ0) is 13.2. The molecule has 3 rings (SSSR count). The number of hydrogen-bond donors (Lipinski definition) is 1. The molecule has 0 aliphatic carbocycles. The molecule has 0 fully saturated rings. The van der Waals surface area contributed by atoms with Gasteiger partial charge in [0.2, 0.25) is 0 Å². The minimum Gasteiger partial charge on any atom is -0.366 e. The first-order chi connectivity index (χ1) is 9.25. The van der Waals surface area contributed by atoms with E-state index in [4.69, 9.17) is 5.73 Å². The Balaban J connectivity index is 1.96. The van der Waals surface area contributed by atoms with E-state index >= 15 is 0 Å². The van der Waals surface area contributed by atoms with Crippen LogP contribution in [0.4, 0.5) is 0 Å². The molecule has 1 aliphatic rings. The highest BCUT2D eigenvalue weighted by Crippen LogP contribution is 2.30. The first-order valence-corrected chi connectivity index (χ1v) is 7.09. The molecule has 0 saturated carbocycles. The summed E-state index contributed by atoms with van der Waals surface area (Å²) in [5.41, 5.74) is 9.12. The number of primary amides is 1. The first kappa shape index (κ1) is 12.0. The van der Waals surface area contributed by atoms with Crippen LogP contribution in [0.5, 0.6) is 0 Å². The van der Waals surface area contributed by atoms with E-state index in [-0.39, 0.29) is 5.91 Å². The fourth-order valence-electron chi connectivity index (χ4n) is 2.16. The van der Waals surface area contributed by atoms with Gasteiger partial charge in [-0.3, -0.25) is 9.78 Å². The average molecular weight is 271 g/mol. The lowest BCUT2D eigenvalue weighted by Crippen LogP contribution is -2.12. The van der Waals surface area contributed by atoms with Crippen LogP contribution in [0.3, 0.4) is 0 Å². The Morgan fingerprint density at radius 2 is 2.37 bits per heavy atom. The molecule has 4 nitrogen and oxygen atoms in total. The smallest absolute Gasteiger partial charge is 0.250 e. The van der Waals surface area contributed by atoms with Crippen molar-refractivity contribution in [1.82, 2.24) is 9.55 Å². The van der Waals surface area contributed by atoms with Gasteiger partial charge in [0.15, 0.2) is 0 Å². The van der Waals surface area contributed by atoms with Crippen LogP contribution >= 0.6 is 11.8 Å². The summed E-state index contributed by atoms with van der Waals surface area (Å²) in [7, 11) is 0. The van der Waals surface area contributed by atoms with Crippen molar-refractivity contribution in [3.05, 3.63) is 53.1 Å². The van der Waals surface area contributed by atoms with Gasteiger partial charge in [-0.1, -0.05) is 12.1 Å². The standard InChI is InChI=1S/C14H13N3OS/c15-14(18)12-6-11(17-9-19-8-13(12)17)4-3-10-2-1-5-16-7-10/h1-7H,8-9H2,(H2,15,18). The van der Waals surface area contributed by atoms with E-state index in [9.17, 15) is 4.79 Å². The van der Waals surface area contributed by atoms with Crippen LogP contribution in [0.25, 0.3) is 12.2 Å². The summed E-state index contributed by atoms with van der Waals surface area (Å²) in [4.78, 5) is 15.5. The summed E-state index contributed by atoms with van der Waals surface area (Å²) in [5, 5.41) is 0. The molecular weight excluding hydrogens is 258 g/mol. The van der Waals surface area contributed by atoms with Crippen LogP contribution < -0.4 is 5.73 Å². The number of pyridine rings is 1. The molecule has 2 aromatic rings. The third-order valence-corrected chi connectivity index (χ3v) is 4.01. The fourth-order valence-corrected chi connectivity index (χ4v) is 3.24. The van der Waals surface area contributed by atoms with Crippen molar-refractivity contribution in [3.8, 4) is 0 Å². The zero-order valence-electron chi connectivity index (χ0n) is 10.2. The number of aromatic nitrogens is 2. The third-order valence-electron chi connectivity index (χ3n) is 3.10. The normalized spacial score (nSPS) is 13.9. The summed E-state index contributed by atoms with van der Waals surface area (Å²) in [6, 6.07) is 5.75. The summed E-state index contributed by atoms with van der Waals surface area (Å²) < 4.78 is 2.14. The number of carbonyl (C=O) groups excluding carboxylic acids is 1. The number of amides is 1. The SMILES string of the molecule is NC(=O)c1cc(C=Cc2cccnc2)n2c1CSC2. The molecule has 2 N–H and O–H groups in total. The molecule has 0 unspecified atom stereocenters. The van der Waals surface area contributed by atoms with Gasteiger partial charge in [-0.2, -0.15) is 0 Å². The Morgan fingerprint density at radius 1 is 1.47 bits per heavy atom. The summed E-state index contributed by atoms with van der Waals surface area (Å²) >= 11 is 1.79. The highest BCUT2D eigenvalue weighted by Gasteiger charge is 2.21. The number of rotatable bonds is 3. The number of thioether (sulfide) groups is 1. The molecule has 0 aromatic carbocycles. The number of fused-ring (bicyclic) bond motifs is 1.